The number of benzene rings is 3. The van der Waals surface area contributed by atoms with Gasteiger partial charge in [-0.25, -0.2) is 9.59 Å². The molecule has 2 amide bonds. The van der Waals surface area contributed by atoms with Gasteiger partial charge in [0, 0.05) is 5.92 Å². The van der Waals surface area contributed by atoms with Crippen molar-refractivity contribution < 1.29 is 33.4 Å². The number of hydrogen-bond acceptors (Lipinski definition) is 7. The molecule has 49 heavy (non-hydrogen) atoms. The van der Waals surface area contributed by atoms with Crippen molar-refractivity contribution in [2.24, 2.45) is 11.8 Å². The molecule has 2 aliphatic rings. The number of amides is 2. The molecule has 3 aromatic rings. The van der Waals surface area contributed by atoms with Crippen molar-refractivity contribution in [1.29, 1.82) is 0 Å². The number of alkyl carbamates (subject to hydrolysis) is 1. The predicted octanol–water partition coefficient (Wildman–Crippen LogP) is 6.83. The lowest BCUT2D eigenvalue weighted by atomic mass is 9.76. The van der Waals surface area contributed by atoms with Crippen LogP contribution in [0.1, 0.15) is 85.1 Å². The molecule has 2 N–H and O–H groups in total. The number of fused-ring (bicyclic) bond motifs is 1. The third-order valence-corrected chi connectivity index (χ3v) is 9.00. The lowest BCUT2D eigenvalue weighted by Gasteiger charge is -2.33. The highest BCUT2D eigenvalue weighted by atomic mass is 16.6. The number of allylic oxidation sites excluding steroid dienone is 2. The van der Waals surface area contributed by atoms with Gasteiger partial charge in [0.25, 0.3) is 0 Å². The fourth-order valence-corrected chi connectivity index (χ4v) is 6.51. The van der Waals surface area contributed by atoms with Crippen LogP contribution in [0.25, 0.3) is 0 Å². The molecule has 9 nitrogen and oxygen atoms in total. The first-order chi connectivity index (χ1) is 23.5. The van der Waals surface area contributed by atoms with Gasteiger partial charge in [-0.15, -0.1) is 0 Å². The summed E-state index contributed by atoms with van der Waals surface area (Å²) in [5.41, 5.74) is 3.81. The number of carbonyl (C=O) groups is 4. The minimum absolute atomic E-state index is 0.0882. The van der Waals surface area contributed by atoms with Gasteiger partial charge in [-0.3, -0.25) is 9.59 Å². The van der Waals surface area contributed by atoms with Crippen LogP contribution in [0.15, 0.2) is 84.9 Å². The van der Waals surface area contributed by atoms with Crippen molar-refractivity contribution in [3.63, 3.8) is 0 Å². The van der Waals surface area contributed by atoms with Gasteiger partial charge in [0.05, 0.1) is 30.7 Å². The van der Waals surface area contributed by atoms with Crippen LogP contribution < -0.4 is 15.4 Å². The van der Waals surface area contributed by atoms with Crippen LogP contribution in [0.5, 0.6) is 5.75 Å². The number of nitrogens with one attached hydrogen (secondary N) is 2. The lowest BCUT2D eigenvalue weighted by molar-refractivity contribution is -0.135. The summed E-state index contributed by atoms with van der Waals surface area (Å²) in [6.45, 7) is 5.61. The number of ether oxygens (including phenoxy) is 3. The number of aryl methyl sites for hydroxylation is 1. The van der Waals surface area contributed by atoms with Crippen LogP contribution in [0.4, 0.5) is 4.79 Å². The van der Waals surface area contributed by atoms with E-state index in [0.717, 1.165) is 36.0 Å². The third-order valence-electron chi connectivity index (χ3n) is 9.00. The number of rotatable bonds is 11. The van der Waals surface area contributed by atoms with Crippen LogP contribution in [0.3, 0.4) is 0 Å². The average molecular weight is 667 g/mol. The van der Waals surface area contributed by atoms with Crippen molar-refractivity contribution in [3.8, 4) is 5.75 Å². The van der Waals surface area contributed by atoms with Gasteiger partial charge >= 0.3 is 12.1 Å². The zero-order valence-electron chi connectivity index (χ0n) is 28.7. The van der Waals surface area contributed by atoms with Gasteiger partial charge < -0.3 is 24.8 Å². The van der Waals surface area contributed by atoms with E-state index in [1.165, 1.54) is 12.7 Å². The number of ketones is 1. The summed E-state index contributed by atoms with van der Waals surface area (Å²) in [4.78, 5) is 52.7. The first kappa shape index (κ1) is 35.4. The maximum atomic E-state index is 14.3. The number of carbonyl (C=O) groups excluding carboxylic acids is 4. The normalized spacial score (nSPS) is 19.1. The summed E-state index contributed by atoms with van der Waals surface area (Å²) in [6.07, 6.45) is 7.15. The highest BCUT2D eigenvalue weighted by molar-refractivity contribution is 5.94. The SMILES string of the molecule is COC(=O)c1ccc(COc2ccc(CC(NC(=O)OC(C)(C)C)C(=O)[C@@H]3CC=CCC3C(=O)NC3CCCc4ccccc43)cc2)cc1. The summed E-state index contributed by atoms with van der Waals surface area (Å²) >= 11 is 0. The van der Waals surface area contributed by atoms with Gasteiger partial charge in [0.15, 0.2) is 5.78 Å². The molecule has 0 aliphatic heterocycles. The van der Waals surface area contributed by atoms with Gasteiger partial charge in [0.2, 0.25) is 5.91 Å². The Balaban J connectivity index is 1.28. The summed E-state index contributed by atoms with van der Waals surface area (Å²) in [6, 6.07) is 21.6. The van der Waals surface area contributed by atoms with Crippen molar-refractivity contribution in [1.82, 2.24) is 10.6 Å². The second-order valence-electron chi connectivity index (χ2n) is 13.7. The molecule has 0 radical (unpaired) electrons. The Bertz CT molecular complexity index is 1660. The molecule has 3 aromatic carbocycles. The van der Waals surface area contributed by atoms with E-state index in [0.29, 0.717) is 30.8 Å². The topological polar surface area (TPSA) is 120 Å². The Labute approximate surface area is 288 Å². The molecule has 5 rings (SSSR count). The minimum Gasteiger partial charge on any atom is -0.489 e. The number of Topliss-reactive ketones (excluding diaryl/α,β-unsaturated/α-hetero) is 1. The summed E-state index contributed by atoms with van der Waals surface area (Å²) in [7, 11) is 1.34. The highest BCUT2D eigenvalue weighted by Gasteiger charge is 2.39. The van der Waals surface area contributed by atoms with E-state index in [-0.39, 0.29) is 24.2 Å². The molecule has 9 heteroatoms. The third kappa shape index (κ3) is 9.59. The maximum Gasteiger partial charge on any atom is 0.408 e. The number of hydrogen-bond donors (Lipinski definition) is 2. The van der Waals surface area contributed by atoms with E-state index in [1.807, 2.05) is 48.6 Å². The van der Waals surface area contributed by atoms with E-state index in [4.69, 9.17) is 14.2 Å². The van der Waals surface area contributed by atoms with E-state index in [2.05, 4.69) is 22.8 Å². The molecule has 0 heterocycles. The van der Waals surface area contributed by atoms with E-state index >= 15 is 0 Å². The highest BCUT2D eigenvalue weighted by Crippen LogP contribution is 2.33. The maximum absolute atomic E-state index is 14.3. The second kappa shape index (κ2) is 16.0. The van der Waals surface area contributed by atoms with Gasteiger partial charge in [0.1, 0.15) is 18.0 Å². The number of methoxy groups -OCH3 is 1. The van der Waals surface area contributed by atoms with Gasteiger partial charge in [-0.05, 0) is 106 Å². The van der Waals surface area contributed by atoms with Crippen molar-refractivity contribution in [2.45, 2.75) is 83.6 Å². The Morgan fingerprint density at radius 3 is 2.22 bits per heavy atom. The molecule has 0 bridgehead atoms. The van der Waals surface area contributed by atoms with Gasteiger partial charge in [-0.1, -0.05) is 60.7 Å². The predicted molar refractivity (Wildman–Crippen MR) is 186 cm³/mol. The smallest absolute Gasteiger partial charge is 0.408 e. The average Bonchev–Trinajstić information content (AvgIpc) is 3.10. The van der Waals surface area contributed by atoms with E-state index < -0.39 is 35.5 Å². The molecule has 3 unspecified atom stereocenters. The fraction of sp³-hybridized carbons (Fsp3) is 0.400. The van der Waals surface area contributed by atoms with Crippen LogP contribution in [0, 0.1) is 11.8 Å². The minimum atomic E-state index is -0.905. The summed E-state index contributed by atoms with van der Waals surface area (Å²) < 4.78 is 16.2. The Morgan fingerprint density at radius 1 is 0.857 bits per heavy atom. The monoisotopic (exact) mass is 666 g/mol. The van der Waals surface area contributed by atoms with Crippen molar-refractivity contribution in [2.75, 3.05) is 7.11 Å². The molecular formula is C40H46N2O7. The zero-order valence-corrected chi connectivity index (χ0v) is 28.7. The largest absolute Gasteiger partial charge is 0.489 e. The van der Waals surface area contributed by atoms with E-state index in [9.17, 15) is 19.2 Å². The van der Waals surface area contributed by atoms with Crippen LogP contribution >= 0.6 is 0 Å². The number of esters is 1. The summed E-state index contributed by atoms with van der Waals surface area (Å²) in [5, 5.41) is 6.08. The zero-order chi connectivity index (χ0) is 35.0. The van der Waals surface area contributed by atoms with Crippen LogP contribution in [-0.2, 0) is 38.5 Å². The van der Waals surface area contributed by atoms with Gasteiger partial charge in [-0.2, -0.15) is 0 Å². The Hall–Kier alpha value is -4.92. The molecule has 0 spiro atoms. The quantitative estimate of drug-likeness (QED) is 0.170. The fourth-order valence-electron chi connectivity index (χ4n) is 6.51. The molecule has 0 saturated heterocycles. The lowest BCUT2D eigenvalue weighted by Crippen LogP contribution is -2.50. The first-order valence-electron chi connectivity index (χ1n) is 17.0. The molecule has 0 aromatic heterocycles. The molecule has 0 saturated carbocycles. The first-order valence-corrected chi connectivity index (χ1v) is 17.0. The molecular weight excluding hydrogens is 620 g/mol. The van der Waals surface area contributed by atoms with E-state index in [1.54, 1.807) is 45.0 Å². The second-order valence-corrected chi connectivity index (χ2v) is 13.7. The molecule has 258 valence electrons. The molecule has 0 fully saturated rings. The summed E-state index contributed by atoms with van der Waals surface area (Å²) in [5.74, 6) is -1.26. The van der Waals surface area contributed by atoms with Crippen LogP contribution in [-0.4, -0.2) is 42.5 Å². The van der Waals surface area contributed by atoms with Crippen molar-refractivity contribution in [3.05, 3.63) is 113 Å². The molecule has 4 atom stereocenters. The van der Waals surface area contributed by atoms with Crippen molar-refractivity contribution >= 4 is 23.8 Å². The standard InChI is InChI=1S/C40H46N2O7/c1-40(2,3)49-39(46)42-35(24-26-18-22-30(23-19-26)48-25-27-16-20-29(21-17-27)38(45)47-4)36(43)32-13-7-8-14-33(32)37(44)41-34-15-9-11-28-10-5-6-12-31(28)34/h5-8,10,12,16-23,32-35H,9,11,13-15,24-25H2,1-4H3,(H,41,44)(H,42,46)/t32-,33?,34?,35?/m1/s1. The van der Waals surface area contributed by atoms with Crippen LogP contribution in [0.2, 0.25) is 0 Å². The Morgan fingerprint density at radius 2 is 1.53 bits per heavy atom. The Kier molecular flexibility index (Phi) is 11.5. The molecule has 2 aliphatic carbocycles.